The van der Waals surface area contributed by atoms with Crippen molar-refractivity contribution in [3.05, 3.63) is 18.5 Å². The lowest BCUT2D eigenvalue weighted by atomic mass is 10.2. The van der Waals surface area contributed by atoms with Crippen LogP contribution in [0, 0.1) is 0 Å². The average molecular weight is 210 g/mol. The molecule has 2 rings (SSSR count). The smallest absolute Gasteiger partial charge is 0.312 e. The number of quaternary nitrogens is 1. The SMILES string of the molecule is C[N+]1(c2ncccn2)CCN(O)C(N)C1. The summed E-state index contributed by atoms with van der Waals surface area (Å²) in [5, 5.41) is 10.6. The Bertz CT molecular complexity index is 333. The Labute approximate surface area is 88.5 Å². The second kappa shape index (κ2) is 3.82. The van der Waals surface area contributed by atoms with Crippen LogP contribution in [-0.2, 0) is 0 Å². The van der Waals surface area contributed by atoms with E-state index in [0.717, 1.165) is 12.5 Å². The molecule has 6 nitrogen and oxygen atoms in total. The highest BCUT2D eigenvalue weighted by atomic mass is 16.5. The van der Waals surface area contributed by atoms with Crippen molar-refractivity contribution in [2.75, 3.05) is 26.7 Å². The molecule has 82 valence electrons. The summed E-state index contributed by atoms with van der Waals surface area (Å²) in [5.41, 5.74) is 5.80. The van der Waals surface area contributed by atoms with Gasteiger partial charge in [-0.2, -0.15) is 15.0 Å². The molecule has 2 unspecified atom stereocenters. The topological polar surface area (TPSA) is 75.3 Å². The predicted molar refractivity (Wildman–Crippen MR) is 56.0 cm³/mol. The van der Waals surface area contributed by atoms with Crippen molar-refractivity contribution in [1.29, 1.82) is 0 Å². The number of aromatic nitrogens is 2. The largest absolute Gasteiger partial charge is 0.328 e. The Morgan fingerprint density at radius 3 is 2.80 bits per heavy atom. The minimum Gasteiger partial charge on any atom is -0.312 e. The zero-order chi connectivity index (χ0) is 10.9. The quantitative estimate of drug-likeness (QED) is 0.606. The van der Waals surface area contributed by atoms with Gasteiger partial charge in [-0.05, 0) is 6.07 Å². The minimum atomic E-state index is -0.354. The molecule has 6 heteroatoms. The van der Waals surface area contributed by atoms with Gasteiger partial charge in [0.25, 0.3) is 0 Å². The van der Waals surface area contributed by atoms with Gasteiger partial charge in [0.15, 0.2) is 0 Å². The Morgan fingerprint density at radius 1 is 1.53 bits per heavy atom. The van der Waals surface area contributed by atoms with Crippen molar-refractivity contribution in [1.82, 2.24) is 19.5 Å². The molecule has 2 atom stereocenters. The molecule has 0 bridgehead atoms. The molecule has 1 saturated heterocycles. The third-order valence-electron chi connectivity index (χ3n) is 2.83. The van der Waals surface area contributed by atoms with Crippen LogP contribution in [0.5, 0.6) is 0 Å². The van der Waals surface area contributed by atoms with Crippen molar-refractivity contribution >= 4 is 5.95 Å². The van der Waals surface area contributed by atoms with E-state index in [2.05, 4.69) is 9.97 Å². The number of hydroxylamine groups is 2. The van der Waals surface area contributed by atoms with Crippen molar-refractivity contribution in [3.63, 3.8) is 0 Å². The average Bonchev–Trinajstić information content (AvgIpc) is 2.26. The first-order valence-electron chi connectivity index (χ1n) is 4.95. The number of rotatable bonds is 1. The summed E-state index contributed by atoms with van der Waals surface area (Å²) in [5.74, 6) is 0.751. The van der Waals surface area contributed by atoms with Crippen molar-refractivity contribution in [3.8, 4) is 0 Å². The zero-order valence-electron chi connectivity index (χ0n) is 8.74. The lowest BCUT2D eigenvalue weighted by molar-refractivity contribution is -0.150. The number of hydrogen-bond acceptors (Lipinski definition) is 5. The zero-order valence-corrected chi connectivity index (χ0v) is 8.74. The molecule has 0 saturated carbocycles. The Balaban J connectivity index is 2.21. The first-order valence-corrected chi connectivity index (χ1v) is 4.95. The first kappa shape index (κ1) is 10.4. The molecule has 0 spiro atoms. The molecular weight excluding hydrogens is 194 g/mol. The van der Waals surface area contributed by atoms with Gasteiger partial charge in [-0.25, -0.2) is 0 Å². The third-order valence-corrected chi connectivity index (χ3v) is 2.83. The van der Waals surface area contributed by atoms with E-state index in [1.54, 1.807) is 18.5 Å². The van der Waals surface area contributed by atoms with Crippen LogP contribution in [-0.4, -0.2) is 53.1 Å². The van der Waals surface area contributed by atoms with E-state index in [9.17, 15) is 5.21 Å². The fourth-order valence-corrected chi connectivity index (χ4v) is 1.84. The maximum atomic E-state index is 9.41. The van der Waals surface area contributed by atoms with E-state index in [0.29, 0.717) is 17.6 Å². The number of nitrogens with two attached hydrogens (primary N) is 1. The molecule has 1 aliphatic heterocycles. The second-order valence-corrected chi connectivity index (χ2v) is 4.08. The van der Waals surface area contributed by atoms with Gasteiger partial charge >= 0.3 is 5.95 Å². The molecule has 1 aromatic heterocycles. The number of nitrogens with zero attached hydrogens (tertiary/aromatic N) is 4. The van der Waals surface area contributed by atoms with Crippen LogP contribution < -0.4 is 10.2 Å². The maximum absolute atomic E-state index is 9.41. The molecule has 0 aliphatic carbocycles. The minimum absolute atomic E-state index is 0.354. The van der Waals surface area contributed by atoms with E-state index in [1.807, 2.05) is 7.05 Å². The van der Waals surface area contributed by atoms with Gasteiger partial charge in [0, 0.05) is 12.4 Å². The molecule has 2 heterocycles. The lowest BCUT2D eigenvalue weighted by Gasteiger charge is -2.40. The molecule has 1 aliphatic rings. The Morgan fingerprint density at radius 2 is 2.20 bits per heavy atom. The van der Waals surface area contributed by atoms with Crippen LogP contribution in [0.3, 0.4) is 0 Å². The highest BCUT2D eigenvalue weighted by Gasteiger charge is 2.37. The van der Waals surface area contributed by atoms with Crippen molar-refractivity contribution < 1.29 is 5.21 Å². The number of piperazine rings is 1. The predicted octanol–water partition coefficient (Wildman–Crippen LogP) is -0.597. The fraction of sp³-hybridized carbons (Fsp3) is 0.556. The molecule has 1 fully saturated rings. The summed E-state index contributed by atoms with van der Waals surface area (Å²) in [6.07, 6.45) is 3.10. The molecular formula is C9H16N5O+. The molecule has 0 amide bonds. The monoisotopic (exact) mass is 210 g/mol. The van der Waals surface area contributed by atoms with Gasteiger partial charge in [0.1, 0.15) is 19.3 Å². The maximum Gasteiger partial charge on any atom is 0.328 e. The summed E-state index contributed by atoms with van der Waals surface area (Å²) < 4.78 is 0.569. The van der Waals surface area contributed by atoms with Gasteiger partial charge in [0.05, 0.1) is 13.6 Å². The normalized spacial score (nSPS) is 32.9. The van der Waals surface area contributed by atoms with Crippen molar-refractivity contribution in [2.24, 2.45) is 5.73 Å². The molecule has 0 radical (unpaired) electrons. The standard InChI is InChI=1S/C9H16N5O/c1-14(9-11-3-2-4-12-9)6-5-13(15)8(10)7-14/h2-4,8,15H,5-7,10H2,1H3/q+1. The first-order chi connectivity index (χ1) is 7.12. The number of hydrogen-bond donors (Lipinski definition) is 2. The Kier molecular flexibility index (Phi) is 2.66. The van der Waals surface area contributed by atoms with Gasteiger partial charge in [-0.1, -0.05) is 0 Å². The summed E-state index contributed by atoms with van der Waals surface area (Å²) in [7, 11) is 2.03. The molecule has 15 heavy (non-hydrogen) atoms. The summed E-state index contributed by atoms with van der Waals surface area (Å²) in [6, 6.07) is 1.79. The second-order valence-electron chi connectivity index (χ2n) is 4.08. The van der Waals surface area contributed by atoms with Gasteiger partial charge in [-0.3, -0.25) is 4.48 Å². The summed E-state index contributed by atoms with van der Waals surface area (Å²) >= 11 is 0. The van der Waals surface area contributed by atoms with Crippen molar-refractivity contribution in [2.45, 2.75) is 6.17 Å². The highest BCUT2D eigenvalue weighted by molar-refractivity contribution is 5.23. The number of likely N-dealkylation sites (N-methyl/N-ethyl adjacent to an activating group) is 1. The van der Waals surface area contributed by atoms with Crippen LogP contribution in [0.2, 0.25) is 0 Å². The van der Waals surface area contributed by atoms with E-state index < -0.39 is 0 Å². The molecule has 1 aromatic rings. The summed E-state index contributed by atoms with van der Waals surface area (Å²) in [4.78, 5) is 8.48. The van der Waals surface area contributed by atoms with E-state index >= 15 is 0 Å². The van der Waals surface area contributed by atoms with Crippen LogP contribution in [0.4, 0.5) is 5.95 Å². The third kappa shape index (κ3) is 1.98. The lowest BCUT2D eigenvalue weighted by Crippen LogP contribution is -2.65. The fourth-order valence-electron chi connectivity index (χ4n) is 1.84. The Hall–Kier alpha value is -1.08. The van der Waals surface area contributed by atoms with Crippen LogP contribution in [0.1, 0.15) is 0 Å². The highest BCUT2D eigenvalue weighted by Crippen LogP contribution is 2.18. The molecule has 0 aromatic carbocycles. The van der Waals surface area contributed by atoms with Gasteiger partial charge in [0.2, 0.25) is 0 Å². The molecule has 3 N–H and O–H groups in total. The van der Waals surface area contributed by atoms with E-state index in [1.165, 1.54) is 5.06 Å². The van der Waals surface area contributed by atoms with E-state index in [4.69, 9.17) is 5.73 Å². The van der Waals surface area contributed by atoms with Crippen LogP contribution in [0.15, 0.2) is 18.5 Å². The summed E-state index contributed by atoms with van der Waals surface area (Å²) in [6.45, 7) is 1.91. The van der Waals surface area contributed by atoms with Crippen LogP contribution >= 0.6 is 0 Å². The van der Waals surface area contributed by atoms with Gasteiger partial charge < -0.3 is 10.9 Å². The van der Waals surface area contributed by atoms with Crippen LogP contribution in [0.25, 0.3) is 0 Å². The van der Waals surface area contributed by atoms with Gasteiger partial charge in [-0.15, -0.1) is 0 Å². The van der Waals surface area contributed by atoms with E-state index in [-0.39, 0.29) is 6.17 Å².